The minimum atomic E-state index is -0.134. The predicted molar refractivity (Wildman–Crippen MR) is 134 cm³/mol. The molecule has 1 saturated carbocycles. The minimum Gasteiger partial charge on any atom is -0.383 e. The lowest BCUT2D eigenvalue weighted by Crippen LogP contribution is -2.43. The second-order valence-corrected chi connectivity index (χ2v) is 9.50. The first kappa shape index (κ1) is 24.1. The van der Waals surface area contributed by atoms with Crippen LogP contribution in [0.1, 0.15) is 42.7 Å². The molecular weight excluding hydrogens is 481 g/mol. The summed E-state index contributed by atoms with van der Waals surface area (Å²) < 4.78 is 5.29. The molecule has 8 heteroatoms. The van der Waals surface area contributed by atoms with Gasteiger partial charge in [0, 0.05) is 40.9 Å². The number of halogens is 3. The molecule has 33 heavy (non-hydrogen) atoms. The van der Waals surface area contributed by atoms with Gasteiger partial charge in [-0.25, -0.2) is 4.98 Å². The summed E-state index contributed by atoms with van der Waals surface area (Å²) in [5, 5.41) is 1.64. The van der Waals surface area contributed by atoms with Crippen molar-refractivity contribution in [3.63, 3.8) is 0 Å². The van der Waals surface area contributed by atoms with E-state index in [1.807, 2.05) is 23.1 Å². The fourth-order valence-electron chi connectivity index (χ4n) is 4.35. The molecule has 0 radical (unpaired) electrons. The topological polar surface area (TPSA) is 58.2 Å². The summed E-state index contributed by atoms with van der Waals surface area (Å²) in [7, 11) is 1.65. The summed E-state index contributed by atoms with van der Waals surface area (Å²) in [4.78, 5) is 23.6. The van der Waals surface area contributed by atoms with Gasteiger partial charge in [-0.2, -0.15) is 0 Å². The number of hydrogen-bond donors (Lipinski definition) is 1. The maximum absolute atomic E-state index is 13.7. The molecule has 0 atom stereocenters. The molecular formula is C25H26Cl3N3O2. The van der Waals surface area contributed by atoms with E-state index >= 15 is 0 Å². The second-order valence-electron chi connectivity index (χ2n) is 8.22. The van der Waals surface area contributed by atoms with Crippen LogP contribution in [0, 0.1) is 0 Å². The molecule has 174 valence electrons. The maximum Gasteiger partial charge on any atom is 0.290 e. The second kappa shape index (κ2) is 10.9. The van der Waals surface area contributed by atoms with Crippen molar-refractivity contribution in [3.05, 3.63) is 63.4 Å². The summed E-state index contributed by atoms with van der Waals surface area (Å²) in [6.07, 6.45) is 5.46. The molecule has 1 heterocycles. The minimum absolute atomic E-state index is 0.134. The zero-order chi connectivity index (χ0) is 23.4. The lowest BCUT2D eigenvalue weighted by atomic mass is 9.94. The van der Waals surface area contributed by atoms with E-state index in [0.29, 0.717) is 39.6 Å². The van der Waals surface area contributed by atoms with Crippen LogP contribution in [-0.4, -0.2) is 47.1 Å². The molecule has 1 aromatic heterocycles. The number of nitrogens with one attached hydrogen (secondary N) is 1. The Morgan fingerprint density at radius 1 is 1.06 bits per heavy atom. The van der Waals surface area contributed by atoms with Gasteiger partial charge in [-0.3, -0.25) is 4.79 Å². The zero-order valence-corrected chi connectivity index (χ0v) is 20.7. The van der Waals surface area contributed by atoms with Crippen LogP contribution >= 0.6 is 34.8 Å². The van der Waals surface area contributed by atoms with Gasteiger partial charge in [0.1, 0.15) is 0 Å². The van der Waals surface area contributed by atoms with Gasteiger partial charge in [0.2, 0.25) is 0 Å². The third kappa shape index (κ3) is 5.55. The maximum atomic E-state index is 13.7. The number of aromatic nitrogens is 2. The molecule has 4 rings (SSSR count). The summed E-state index contributed by atoms with van der Waals surface area (Å²) in [6, 6.07) is 12.8. The highest BCUT2D eigenvalue weighted by molar-refractivity contribution is 6.36. The Kier molecular flexibility index (Phi) is 7.97. The molecule has 3 aromatic rings. The van der Waals surface area contributed by atoms with E-state index < -0.39 is 0 Å². The average molecular weight is 507 g/mol. The molecule has 1 aliphatic carbocycles. The van der Waals surface area contributed by atoms with Crippen molar-refractivity contribution in [1.82, 2.24) is 14.9 Å². The van der Waals surface area contributed by atoms with Crippen LogP contribution in [-0.2, 0) is 4.74 Å². The fourth-order valence-corrected chi connectivity index (χ4v) is 4.98. The number of carbonyl (C=O) groups is 1. The third-order valence-electron chi connectivity index (χ3n) is 6.04. The number of benzene rings is 2. The third-order valence-corrected chi connectivity index (χ3v) is 6.84. The number of imidazole rings is 1. The summed E-state index contributed by atoms with van der Waals surface area (Å²) in [5.74, 6) is 0.146. The SMILES string of the molecule is COCCN(C(=O)c1nc(-c2ccc(Cl)cc2)c(-c2ccc(Cl)cc2Cl)[nH]1)C1CCCCC1. The molecule has 1 aliphatic rings. The highest BCUT2D eigenvalue weighted by Crippen LogP contribution is 2.36. The van der Waals surface area contributed by atoms with Gasteiger partial charge in [0.15, 0.2) is 5.82 Å². The van der Waals surface area contributed by atoms with Crippen LogP contribution in [0.25, 0.3) is 22.5 Å². The molecule has 1 amide bonds. The largest absolute Gasteiger partial charge is 0.383 e. The van der Waals surface area contributed by atoms with Crippen molar-refractivity contribution >= 4 is 40.7 Å². The van der Waals surface area contributed by atoms with Gasteiger partial charge >= 0.3 is 0 Å². The first-order chi connectivity index (χ1) is 16.0. The Labute approximate surface area is 209 Å². The van der Waals surface area contributed by atoms with Crippen molar-refractivity contribution in [1.29, 1.82) is 0 Å². The van der Waals surface area contributed by atoms with Gasteiger partial charge in [0.05, 0.1) is 23.0 Å². The van der Waals surface area contributed by atoms with Gasteiger partial charge in [-0.1, -0.05) is 66.2 Å². The van der Waals surface area contributed by atoms with Crippen molar-refractivity contribution in [2.75, 3.05) is 20.3 Å². The van der Waals surface area contributed by atoms with Gasteiger partial charge in [-0.15, -0.1) is 0 Å². The molecule has 2 aromatic carbocycles. The normalized spacial score (nSPS) is 14.4. The van der Waals surface area contributed by atoms with Gasteiger partial charge in [0.25, 0.3) is 5.91 Å². The Hall–Kier alpha value is -2.05. The summed E-state index contributed by atoms with van der Waals surface area (Å²) >= 11 is 18.7. The van der Waals surface area contributed by atoms with Crippen LogP contribution in [0.15, 0.2) is 42.5 Å². The van der Waals surface area contributed by atoms with Crippen LogP contribution in [0.4, 0.5) is 0 Å². The van der Waals surface area contributed by atoms with E-state index in [-0.39, 0.29) is 17.8 Å². The molecule has 0 unspecified atom stereocenters. The van der Waals surface area contributed by atoms with E-state index in [2.05, 4.69) is 4.98 Å². The number of rotatable bonds is 7. The summed E-state index contributed by atoms with van der Waals surface area (Å²) in [5.41, 5.74) is 2.85. The van der Waals surface area contributed by atoms with Gasteiger partial charge < -0.3 is 14.6 Å². The number of H-pyrrole nitrogens is 1. The smallest absolute Gasteiger partial charge is 0.290 e. The number of aromatic amines is 1. The lowest BCUT2D eigenvalue weighted by molar-refractivity contribution is 0.0540. The van der Waals surface area contributed by atoms with E-state index in [4.69, 9.17) is 44.5 Å². The molecule has 1 N–H and O–H groups in total. The molecule has 0 aliphatic heterocycles. The van der Waals surface area contributed by atoms with Crippen molar-refractivity contribution in [2.24, 2.45) is 0 Å². The number of nitrogens with zero attached hydrogens (tertiary/aromatic N) is 2. The lowest BCUT2D eigenvalue weighted by Gasteiger charge is -2.33. The quantitative estimate of drug-likeness (QED) is 0.371. The van der Waals surface area contributed by atoms with Crippen molar-refractivity contribution in [2.45, 2.75) is 38.1 Å². The van der Waals surface area contributed by atoms with Crippen molar-refractivity contribution < 1.29 is 9.53 Å². The van der Waals surface area contributed by atoms with Crippen molar-refractivity contribution in [3.8, 4) is 22.5 Å². The standard InChI is InChI=1S/C25H26Cl3N3O2/c1-33-14-13-31(19-5-3-2-4-6-19)25(32)24-29-22(16-7-9-17(26)10-8-16)23(30-24)20-12-11-18(27)15-21(20)28/h7-12,15,19H,2-6,13-14H2,1H3,(H,29,30). The number of methoxy groups -OCH3 is 1. The van der Waals surface area contributed by atoms with Crippen LogP contribution in [0.3, 0.4) is 0 Å². The number of carbonyl (C=O) groups excluding carboxylic acids is 1. The Morgan fingerprint density at radius 2 is 1.76 bits per heavy atom. The number of amides is 1. The van der Waals surface area contributed by atoms with Crippen LogP contribution < -0.4 is 0 Å². The number of hydrogen-bond acceptors (Lipinski definition) is 3. The van der Waals surface area contributed by atoms with E-state index in [1.54, 1.807) is 31.4 Å². The van der Waals surface area contributed by atoms with E-state index in [9.17, 15) is 4.79 Å². The predicted octanol–water partition coefficient (Wildman–Crippen LogP) is 7.13. The van der Waals surface area contributed by atoms with Crippen LogP contribution in [0.2, 0.25) is 15.1 Å². The molecule has 5 nitrogen and oxygen atoms in total. The Bertz CT molecular complexity index is 1110. The molecule has 0 saturated heterocycles. The number of ether oxygens (including phenoxy) is 1. The average Bonchev–Trinajstić information content (AvgIpc) is 3.25. The molecule has 1 fully saturated rings. The molecule has 0 bridgehead atoms. The monoisotopic (exact) mass is 505 g/mol. The van der Waals surface area contributed by atoms with E-state index in [1.165, 1.54) is 6.42 Å². The highest BCUT2D eigenvalue weighted by Gasteiger charge is 2.29. The van der Waals surface area contributed by atoms with Crippen LogP contribution in [0.5, 0.6) is 0 Å². The van der Waals surface area contributed by atoms with Gasteiger partial charge in [-0.05, 0) is 43.2 Å². The Balaban J connectivity index is 1.77. The zero-order valence-electron chi connectivity index (χ0n) is 18.4. The first-order valence-corrected chi connectivity index (χ1v) is 12.2. The summed E-state index contributed by atoms with van der Waals surface area (Å²) in [6.45, 7) is 0.997. The highest BCUT2D eigenvalue weighted by atomic mass is 35.5. The Morgan fingerprint density at radius 3 is 2.42 bits per heavy atom. The van der Waals surface area contributed by atoms with E-state index in [0.717, 1.165) is 36.8 Å². The first-order valence-electron chi connectivity index (χ1n) is 11.1. The molecule has 0 spiro atoms. The fraction of sp³-hybridized carbons (Fsp3) is 0.360.